The summed E-state index contributed by atoms with van der Waals surface area (Å²) in [5.74, 6) is -0.191. The Morgan fingerprint density at radius 3 is 2.50 bits per heavy atom. The van der Waals surface area contributed by atoms with Crippen molar-refractivity contribution in [3.63, 3.8) is 0 Å². The molecule has 1 aromatic carbocycles. The van der Waals surface area contributed by atoms with Gasteiger partial charge < -0.3 is 4.57 Å². The Balaban J connectivity index is 2.49. The van der Waals surface area contributed by atoms with Crippen molar-refractivity contribution in [3.8, 4) is 11.1 Å². The highest BCUT2D eigenvalue weighted by molar-refractivity contribution is 5.63. The van der Waals surface area contributed by atoms with E-state index in [1.807, 2.05) is 30.8 Å². The van der Waals surface area contributed by atoms with Crippen molar-refractivity contribution in [2.45, 2.75) is 6.92 Å². The number of aromatic nitrogens is 1. The van der Waals surface area contributed by atoms with Crippen LogP contribution in [-0.4, -0.2) is 4.57 Å². The molecule has 0 radical (unpaired) electrons. The summed E-state index contributed by atoms with van der Waals surface area (Å²) in [6.07, 6.45) is 2.00. The topological polar surface area (TPSA) is 4.93 Å². The summed E-state index contributed by atoms with van der Waals surface area (Å²) in [5, 5.41) is 0. The van der Waals surface area contributed by atoms with Crippen molar-refractivity contribution in [2.75, 3.05) is 0 Å². The predicted molar refractivity (Wildman–Crippen MR) is 55.5 cm³/mol. The highest BCUT2D eigenvalue weighted by atomic mass is 19.1. The van der Waals surface area contributed by atoms with Gasteiger partial charge in [-0.25, -0.2) is 4.39 Å². The molecule has 0 aliphatic rings. The van der Waals surface area contributed by atoms with Crippen molar-refractivity contribution >= 4 is 0 Å². The second-order valence-electron chi connectivity index (χ2n) is 3.49. The van der Waals surface area contributed by atoms with Crippen LogP contribution in [0.3, 0.4) is 0 Å². The van der Waals surface area contributed by atoms with Gasteiger partial charge in [0.05, 0.1) is 0 Å². The first-order chi connectivity index (χ1) is 6.66. The van der Waals surface area contributed by atoms with E-state index in [2.05, 4.69) is 6.07 Å². The smallest absolute Gasteiger partial charge is 0.123 e. The van der Waals surface area contributed by atoms with Gasteiger partial charge in [-0.2, -0.15) is 0 Å². The number of halogens is 1. The molecule has 0 amide bonds. The molecule has 0 atom stereocenters. The average Bonchev–Trinajstić information content (AvgIpc) is 2.47. The molecule has 0 aliphatic heterocycles. The van der Waals surface area contributed by atoms with Crippen molar-refractivity contribution in [3.05, 3.63) is 48.0 Å². The molecule has 0 aliphatic carbocycles. The molecule has 0 unspecified atom stereocenters. The fraction of sp³-hybridized carbons (Fsp3) is 0.167. The maximum absolute atomic E-state index is 13.0. The van der Waals surface area contributed by atoms with Crippen LogP contribution in [0.15, 0.2) is 36.5 Å². The lowest BCUT2D eigenvalue weighted by atomic mass is 10.1. The summed E-state index contributed by atoms with van der Waals surface area (Å²) in [4.78, 5) is 0. The third kappa shape index (κ3) is 1.55. The first kappa shape index (κ1) is 9.00. The zero-order valence-corrected chi connectivity index (χ0v) is 8.29. The molecule has 0 spiro atoms. The molecule has 2 rings (SSSR count). The Bertz CT molecular complexity index is 438. The van der Waals surface area contributed by atoms with Gasteiger partial charge in [-0.1, -0.05) is 12.1 Å². The summed E-state index contributed by atoms with van der Waals surface area (Å²) >= 11 is 0. The molecule has 0 saturated heterocycles. The third-order valence-electron chi connectivity index (χ3n) is 2.41. The summed E-state index contributed by atoms with van der Waals surface area (Å²) in [7, 11) is 1.98. The maximum Gasteiger partial charge on any atom is 0.123 e. The van der Waals surface area contributed by atoms with Gasteiger partial charge in [0.25, 0.3) is 0 Å². The first-order valence-electron chi connectivity index (χ1n) is 4.56. The third-order valence-corrected chi connectivity index (χ3v) is 2.41. The van der Waals surface area contributed by atoms with E-state index in [4.69, 9.17) is 0 Å². The second-order valence-corrected chi connectivity index (χ2v) is 3.49. The molecule has 0 saturated carbocycles. The predicted octanol–water partition coefficient (Wildman–Crippen LogP) is 3.14. The minimum absolute atomic E-state index is 0.191. The number of hydrogen-bond acceptors (Lipinski definition) is 0. The first-order valence-corrected chi connectivity index (χ1v) is 4.56. The highest BCUT2D eigenvalue weighted by Gasteiger charge is 2.02. The van der Waals surface area contributed by atoms with E-state index in [1.54, 1.807) is 12.1 Å². The van der Waals surface area contributed by atoms with Crippen LogP contribution in [-0.2, 0) is 7.05 Å². The summed E-state index contributed by atoms with van der Waals surface area (Å²) in [6, 6.07) is 8.70. The molecule has 0 fully saturated rings. The molecule has 0 N–H and O–H groups in total. The molecule has 14 heavy (non-hydrogen) atoms. The summed E-state index contributed by atoms with van der Waals surface area (Å²) in [5.41, 5.74) is 3.16. The normalized spacial score (nSPS) is 10.5. The van der Waals surface area contributed by atoms with Gasteiger partial charge in [-0.05, 0) is 36.2 Å². The van der Waals surface area contributed by atoms with E-state index >= 15 is 0 Å². The number of aryl methyl sites for hydroxylation is 2. The van der Waals surface area contributed by atoms with E-state index in [0.717, 1.165) is 11.1 Å². The lowest BCUT2D eigenvalue weighted by Crippen LogP contribution is -1.85. The van der Waals surface area contributed by atoms with Crippen molar-refractivity contribution in [1.29, 1.82) is 0 Å². The largest absolute Gasteiger partial charge is 0.354 e. The van der Waals surface area contributed by atoms with Crippen molar-refractivity contribution in [2.24, 2.45) is 7.05 Å². The molecule has 72 valence electrons. The van der Waals surface area contributed by atoms with Crippen LogP contribution in [0.2, 0.25) is 0 Å². The van der Waals surface area contributed by atoms with E-state index in [0.29, 0.717) is 0 Å². The summed E-state index contributed by atoms with van der Waals surface area (Å²) in [6.45, 7) is 2.03. The molecule has 1 aromatic heterocycles. The molecular weight excluding hydrogens is 177 g/mol. The SMILES string of the molecule is Cc1cc(-c2cccc(F)c2)cn1C. The lowest BCUT2D eigenvalue weighted by Gasteiger charge is -1.96. The average molecular weight is 189 g/mol. The van der Waals surface area contributed by atoms with Gasteiger partial charge in [-0.15, -0.1) is 0 Å². The summed E-state index contributed by atoms with van der Waals surface area (Å²) < 4.78 is 15.0. The van der Waals surface area contributed by atoms with E-state index in [-0.39, 0.29) is 5.82 Å². The van der Waals surface area contributed by atoms with Crippen molar-refractivity contribution in [1.82, 2.24) is 4.57 Å². The van der Waals surface area contributed by atoms with Gasteiger partial charge in [0.2, 0.25) is 0 Å². The van der Waals surface area contributed by atoms with E-state index in [9.17, 15) is 4.39 Å². The van der Waals surface area contributed by atoms with Crippen LogP contribution < -0.4 is 0 Å². The van der Waals surface area contributed by atoms with Crippen LogP contribution in [0.5, 0.6) is 0 Å². The Labute approximate surface area is 82.8 Å². The molecular formula is C12H12FN. The van der Waals surface area contributed by atoms with Gasteiger partial charge in [0, 0.05) is 18.9 Å². The van der Waals surface area contributed by atoms with Gasteiger partial charge in [0.1, 0.15) is 5.82 Å². The Hall–Kier alpha value is -1.57. The number of rotatable bonds is 1. The quantitative estimate of drug-likeness (QED) is 0.649. The highest BCUT2D eigenvalue weighted by Crippen LogP contribution is 2.21. The number of benzene rings is 1. The van der Waals surface area contributed by atoms with Crippen LogP contribution in [0.1, 0.15) is 5.69 Å². The zero-order chi connectivity index (χ0) is 10.1. The molecule has 1 nitrogen and oxygen atoms in total. The Kier molecular flexibility index (Phi) is 2.12. The zero-order valence-electron chi connectivity index (χ0n) is 8.29. The maximum atomic E-state index is 13.0. The fourth-order valence-corrected chi connectivity index (χ4v) is 1.50. The number of nitrogens with zero attached hydrogens (tertiary/aromatic N) is 1. The van der Waals surface area contributed by atoms with Crippen molar-refractivity contribution < 1.29 is 4.39 Å². The van der Waals surface area contributed by atoms with Crippen LogP contribution in [0, 0.1) is 12.7 Å². The fourth-order valence-electron chi connectivity index (χ4n) is 1.50. The standard InChI is InChI=1S/C12H12FN/c1-9-6-11(8-14(9)2)10-4-3-5-12(13)7-10/h3-8H,1-2H3. The Morgan fingerprint density at radius 1 is 1.14 bits per heavy atom. The number of hydrogen-bond donors (Lipinski definition) is 0. The lowest BCUT2D eigenvalue weighted by molar-refractivity contribution is 0.628. The minimum Gasteiger partial charge on any atom is -0.354 e. The molecule has 0 bridgehead atoms. The van der Waals surface area contributed by atoms with Crippen LogP contribution in [0.25, 0.3) is 11.1 Å². The van der Waals surface area contributed by atoms with E-state index < -0.39 is 0 Å². The molecule has 2 heteroatoms. The minimum atomic E-state index is -0.191. The molecule has 1 heterocycles. The van der Waals surface area contributed by atoms with Gasteiger partial charge >= 0.3 is 0 Å². The van der Waals surface area contributed by atoms with Gasteiger partial charge in [-0.3, -0.25) is 0 Å². The molecule has 2 aromatic rings. The van der Waals surface area contributed by atoms with Gasteiger partial charge in [0.15, 0.2) is 0 Å². The second kappa shape index (κ2) is 3.29. The van der Waals surface area contributed by atoms with Crippen LogP contribution in [0.4, 0.5) is 4.39 Å². The van der Waals surface area contributed by atoms with Crippen LogP contribution >= 0.6 is 0 Å². The Morgan fingerprint density at radius 2 is 1.93 bits per heavy atom. The monoisotopic (exact) mass is 189 g/mol. The van der Waals surface area contributed by atoms with E-state index in [1.165, 1.54) is 11.8 Å².